The molecule has 0 saturated heterocycles. The summed E-state index contributed by atoms with van der Waals surface area (Å²) < 4.78 is 0. The van der Waals surface area contributed by atoms with Crippen LogP contribution < -0.4 is 5.73 Å². The van der Waals surface area contributed by atoms with Crippen molar-refractivity contribution in [2.24, 2.45) is 11.7 Å². The van der Waals surface area contributed by atoms with Crippen molar-refractivity contribution < 1.29 is 0 Å². The molecule has 0 amide bonds. The molecule has 2 N–H and O–H groups in total. The smallest absolute Gasteiger partial charge is 0.0357 e. The van der Waals surface area contributed by atoms with Crippen molar-refractivity contribution in [1.29, 1.82) is 0 Å². The molecule has 2 rings (SSSR count). The van der Waals surface area contributed by atoms with E-state index in [1.54, 1.807) is 11.3 Å². The van der Waals surface area contributed by atoms with Gasteiger partial charge in [0.2, 0.25) is 0 Å². The van der Waals surface area contributed by atoms with Crippen LogP contribution >= 0.6 is 11.3 Å². The number of likely N-dealkylation sites (N-methyl/N-ethyl adjacent to an activating group) is 1. The van der Waals surface area contributed by atoms with Gasteiger partial charge >= 0.3 is 0 Å². The summed E-state index contributed by atoms with van der Waals surface area (Å²) >= 11 is 1.78. The molecule has 1 aliphatic carbocycles. The molecule has 0 aliphatic heterocycles. The van der Waals surface area contributed by atoms with Crippen LogP contribution in [0.2, 0.25) is 0 Å². The topological polar surface area (TPSA) is 29.3 Å². The van der Waals surface area contributed by atoms with Crippen LogP contribution in [0.25, 0.3) is 0 Å². The minimum atomic E-state index is 0.222. The Bertz CT molecular complexity index is 336. The lowest BCUT2D eigenvalue weighted by Crippen LogP contribution is -2.57. The third-order valence-corrected chi connectivity index (χ3v) is 5.26. The summed E-state index contributed by atoms with van der Waals surface area (Å²) in [5.41, 5.74) is 7.76. The molecule has 0 aromatic carbocycles. The first-order valence-corrected chi connectivity index (χ1v) is 7.56. The first-order chi connectivity index (χ1) is 8.19. The van der Waals surface area contributed by atoms with E-state index in [4.69, 9.17) is 5.73 Å². The van der Waals surface area contributed by atoms with Crippen LogP contribution in [-0.4, -0.2) is 24.0 Å². The molecule has 1 saturated carbocycles. The Balaban J connectivity index is 2.10. The highest BCUT2D eigenvalue weighted by atomic mass is 32.1. The van der Waals surface area contributed by atoms with E-state index < -0.39 is 0 Å². The number of rotatable bonds is 4. The van der Waals surface area contributed by atoms with Gasteiger partial charge in [0.25, 0.3) is 0 Å². The summed E-state index contributed by atoms with van der Waals surface area (Å²) in [6.07, 6.45) is 5.28. The lowest BCUT2D eigenvalue weighted by molar-refractivity contribution is 0.0279. The Labute approximate surface area is 109 Å². The normalized spacial score (nSPS) is 29.8. The first-order valence-electron chi connectivity index (χ1n) is 6.61. The fourth-order valence-corrected chi connectivity index (χ4v) is 3.90. The largest absolute Gasteiger partial charge is 0.329 e. The van der Waals surface area contributed by atoms with Gasteiger partial charge in [-0.1, -0.05) is 19.8 Å². The Hall–Kier alpha value is -0.380. The third kappa shape index (κ3) is 2.56. The van der Waals surface area contributed by atoms with Crippen LogP contribution in [0, 0.1) is 5.92 Å². The molecule has 0 radical (unpaired) electrons. The van der Waals surface area contributed by atoms with Gasteiger partial charge in [-0.15, -0.1) is 0 Å². The SMILES string of the molecule is CC1CCCCC1(CN)N(C)Cc1ccsc1. The van der Waals surface area contributed by atoms with Gasteiger partial charge in [-0.3, -0.25) is 4.90 Å². The zero-order chi connectivity index (χ0) is 12.3. The van der Waals surface area contributed by atoms with Gasteiger partial charge in [0.15, 0.2) is 0 Å². The van der Waals surface area contributed by atoms with Crippen molar-refractivity contribution in [3.8, 4) is 0 Å². The zero-order valence-corrected chi connectivity index (χ0v) is 11.8. The lowest BCUT2D eigenvalue weighted by Gasteiger charge is -2.48. The van der Waals surface area contributed by atoms with Gasteiger partial charge in [-0.2, -0.15) is 11.3 Å². The highest BCUT2D eigenvalue weighted by Crippen LogP contribution is 2.37. The quantitative estimate of drug-likeness (QED) is 0.892. The van der Waals surface area contributed by atoms with Crippen molar-refractivity contribution in [2.45, 2.75) is 44.7 Å². The fraction of sp³-hybridized carbons (Fsp3) is 0.714. The minimum Gasteiger partial charge on any atom is -0.329 e. The molecule has 1 fully saturated rings. The number of thiophene rings is 1. The molecular formula is C14H24N2S. The van der Waals surface area contributed by atoms with Crippen LogP contribution in [0.5, 0.6) is 0 Å². The Morgan fingerprint density at radius 2 is 2.35 bits per heavy atom. The molecule has 0 bridgehead atoms. The Morgan fingerprint density at radius 3 is 2.94 bits per heavy atom. The van der Waals surface area contributed by atoms with E-state index in [1.165, 1.54) is 31.2 Å². The molecule has 1 aromatic heterocycles. The number of hydrogen-bond donors (Lipinski definition) is 1. The van der Waals surface area contributed by atoms with Gasteiger partial charge < -0.3 is 5.73 Å². The third-order valence-electron chi connectivity index (χ3n) is 4.53. The first kappa shape index (κ1) is 13.1. The van der Waals surface area contributed by atoms with Gasteiger partial charge in [-0.05, 0) is 48.2 Å². The van der Waals surface area contributed by atoms with E-state index in [0.717, 1.165) is 13.1 Å². The van der Waals surface area contributed by atoms with Crippen molar-refractivity contribution in [3.63, 3.8) is 0 Å². The van der Waals surface area contributed by atoms with Gasteiger partial charge in [-0.25, -0.2) is 0 Å². The monoisotopic (exact) mass is 252 g/mol. The van der Waals surface area contributed by atoms with E-state index in [-0.39, 0.29) is 5.54 Å². The van der Waals surface area contributed by atoms with Crippen LogP contribution in [-0.2, 0) is 6.54 Å². The second kappa shape index (κ2) is 5.51. The molecule has 1 heterocycles. The van der Waals surface area contributed by atoms with Crippen molar-refractivity contribution in [3.05, 3.63) is 22.4 Å². The summed E-state index contributed by atoms with van der Waals surface area (Å²) in [6.45, 7) is 4.19. The Morgan fingerprint density at radius 1 is 1.53 bits per heavy atom. The Kier molecular flexibility index (Phi) is 4.23. The molecule has 2 unspecified atom stereocenters. The van der Waals surface area contributed by atoms with E-state index in [0.29, 0.717) is 5.92 Å². The van der Waals surface area contributed by atoms with Gasteiger partial charge in [0.1, 0.15) is 0 Å². The number of hydrogen-bond acceptors (Lipinski definition) is 3. The maximum atomic E-state index is 6.12. The summed E-state index contributed by atoms with van der Waals surface area (Å²) in [6, 6.07) is 2.22. The van der Waals surface area contributed by atoms with Crippen molar-refractivity contribution in [2.75, 3.05) is 13.6 Å². The average molecular weight is 252 g/mol. The number of nitrogens with two attached hydrogens (primary N) is 1. The van der Waals surface area contributed by atoms with Crippen LogP contribution in [0.3, 0.4) is 0 Å². The van der Waals surface area contributed by atoms with E-state index in [9.17, 15) is 0 Å². The highest BCUT2D eigenvalue weighted by Gasteiger charge is 2.40. The molecule has 1 aromatic rings. The van der Waals surface area contributed by atoms with Gasteiger partial charge in [0, 0.05) is 18.6 Å². The summed E-state index contributed by atoms with van der Waals surface area (Å²) in [7, 11) is 2.24. The van der Waals surface area contributed by atoms with Crippen LogP contribution in [0.15, 0.2) is 16.8 Å². The zero-order valence-electron chi connectivity index (χ0n) is 11.0. The molecular weight excluding hydrogens is 228 g/mol. The lowest BCUT2D eigenvalue weighted by atomic mass is 9.72. The van der Waals surface area contributed by atoms with Crippen molar-refractivity contribution in [1.82, 2.24) is 4.90 Å². The van der Waals surface area contributed by atoms with Crippen LogP contribution in [0.4, 0.5) is 0 Å². The number of nitrogens with zero attached hydrogens (tertiary/aromatic N) is 1. The molecule has 2 nitrogen and oxygen atoms in total. The van der Waals surface area contributed by atoms with Gasteiger partial charge in [0.05, 0.1) is 0 Å². The summed E-state index contributed by atoms with van der Waals surface area (Å²) in [5.74, 6) is 0.713. The van der Waals surface area contributed by atoms with E-state index >= 15 is 0 Å². The second-order valence-electron chi connectivity index (χ2n) is 5.44. The molecule has 1 aliphatic rings. The van der Waals surface area contributed by atoms with Crippen LogP contribution in [0.1, 0.15) is 38.2 Å². The molecule has 17 heavy (non-hydrogen) atoms. The molecule has 0 spiro atoms. The van der Waals surface area contributed by atoms with E-state index in [2.05, 4.69) is 35.7 Å². The predicted octanol–water partition coefficient (Wildman–Crippen LogP) is 3.09. The summed E-state index contributed by atoms with van der Waals surface area (Å²) in [5, 5.41) is 4.40. The minimum absolute atomic E-state index is 0.222. The molecule has 3 heteroatoms. The second-order valence-corrected chi connectivity index (χ2v) is 6.22. The van der Waals surface area contributed by atoms with E-state index in [1.807, 2.05) is 0 Å². The molecule has 2 atom stereocenters. The van der Waals surface area contributed by atoms with Crippen molar-refractivity contribution >= 4 is 11.3 Å². The summed E-state index contributed by atoms with van der Waals surface area (Å²) in [4.78, 5) is 2.50. The maximum absolute atomic E-state index is 6.12. The molecule has 96 valence electrons. The predicted molar refractivity (Wildman–Crippen MR) is 75.2 cm³/mol. The average Bonchev–Trinajstić information content (AvgIpc) is 2.82. The standard InChI is InChI=1S/C14H24N2S/c1-12-5-3-4-7-14(12,11-15)16(2)9-13-6-8-17-10-13/h6,8,10,12H,3-5,7,9,11,15H2,1-2H3. The highest BCUT2D eigenvalue weighted by molar-refractivity contribution is 7.07. The fourth-order valence-electron chi connectivity index (χ4n) is 3.24. The maximum Gasteiger partial charge on any atom is 0.0357 e.